The van der Waals surface area contributed by atoms with Crippen LogP contribution < -0.4 is 10.6 Å². The lowest BCUT2D eigenvalue weighted by Gasteiger charge is -2.12. The maximum Gasteiger partial charge on any atom is 0.272 e. The molecule has 0 aliphatic rings. The van der Waals surface area contributed by atoms with E-state index in [2.05, 4.69) is 10.6 Å². The number of thioether (sulfide) groups is 1. The lowest BCUT2D eigenvalue weighted by Crippen LogP contribution is -2.30. The molecule has 0 spiro atoms. The number of hydrogen-bond donors (Lipinski definition) is 2. The van der Waals surface area contributed by atoms with E-state index in [9.17, 15) is 18.8 Å². The van der Waals surface area contributed by atoms with Gasteiger partial charge < -0.3 is 10.6 Å². The predicted octanol–water partition coefficient (Wildman–Crippen LogP) is 7.52. The van der Waals surface area contributed by atoms with Gasteiger partial charge >= 0.3 is 0 Å². The molecule has 0 fully saturated rings. The Hall–Kier alpha value is -3.91. The molecule has 0 heterocycles. The first kappa shape index (κ1) is 28.1. The summed E-state index contributed by atoms with van der Waals surface area (Å²) in [6.07, 6.45) is 1.28. The summed E-state index contributed by atoms with van der Waals surface area (Å²) in [7, 11) is 0. The third-order valence-corrected chi connectivity index (χ3v) is 7.21. The minimum atomic E-state index is -0.627. The Morgan fingerprint density at radius 1 is 0.795 bits per heavy atom. The van der Waals surface area contributed by atoms with Crippen LogP contribution in [0.5, 0.6) is 0 Å². The Morgan fingerprint density at radius 2 is 1.49 bits per heavy atom. The highest BCUT2D eigenvalue weighted by Crippen LogP contribution is 2.25. The molecule has 0 aliphatic carbocycles. The highest BCUT2D eigenvalue weighted by molar-refractivity contribution is 8.00. The van der Waals surface area contributed by atoms with E-state index in [1.165, 1.54) is 42.1 Å². The summed E-state index contributed by atoms with van der Waals surface area (Å²) >= 11 is 13.2. The molecule has 9 heteroatoms. The second kappa shape index (κ2) is 13.2. The van der Waals surface area contributed by atoms with Gasteiger partial charge in [0.05, 0.1) is 15.8 Å². The van der Waals surface area contributed by atoms with Crippen molar-refractivity contribution in [3.05, 3.63) is 135 Å². The molecule has 2 amide bonds. The smallest absolute Gasteiger partial charge is 0.272 e. The molecule has 0 radical (unpaired) electrons. The van der Waals surface area contributed by atoms with Gasteiger partial charge in [0.25, 0.3) is 11.8 Å². The number of Topliss-reactive ketones (excluding diaryl/α,β-unsaturated/α-hetero) is 1. The van der Waals surface area contributed by atoms with Crippen molar-refractivity contribution in [2.75, 3.05) is 11.1 Å². The standard InChI is InChI=1S/C30H21Cl2FN2O3S/c31-24-15-10-21(16-25(24)32)28(36)18-39-23-13-11-22(12-14-23)34-30(38)27(17-20-8-4-5-9-26(20)33)35-29(37)19-6-2-1-3-7-19/h1-17H,18H2,(H,34,38)(H,35,37)/b27-17-. The third-order valence-electron chi connectivity index (χ3n) is 5.46. The molecular formula is C30H21Cl2FN2O3S. The zero-order valence-electron chi connectivity index (χ0n) is 20.3. The molecule has 0 atom stereocenters. The van der Waals surface area contributed by atoms with Crippen molar-refractivity contribution in [1.82, 2.24) is 5.32 Å². The van der Waals surface area contributed by atoms with Crippen LogP contribution in [-0.4, -0.2) is 23.4 Å². The van der Waals surface area contributed by atoms with Crippen LogP contribution in [0.4, 0.5) is 10.1 Å². The molecular weight excluding hydrogens is 558 g/mol. The number of benzene rings is 4. The van der Waals surface area contributed by atoms with Crippen molar-refractivity contribution in [3.8, 4) is 0 Å². The molecule has 0 aliphatic heterocycles. The number of ketones is 1. The fraction of sp³-hybridized carbons (Fsp3) is 0.0333. The summed E-state index contributed by atoms with van der Waals surface area (Å²) in [6, 6.07) is 25.9. The van der Waals surface area contributed by atoms with Crippen LogP contribution in [-0.2, 0) is 4.79 Å². The second-order valence-electron chi connectivity index (χ2n) is 8.22. The second-order valence-corrected chi connectivity index (χ2v) is 10.1. The molecule has 196 valence electrons. The van der Waals surface area contributed by atoms with Crippen LogP contribution in [0.15, 0.2) is 108 Å². The van der Waals surface area contributed by atoms with Crippen LogP contribution >= 0.6 is 35.0 Å². The molecule has 4 aromatic carbocycles. The number of carbonyl (C=O) groups is 3. The number of anilines is 1. The monoisotopic (exact) mass is 578 g/mol. The van der Waals surface area contributed by atoms with E-state index < -0.39 is 17.6 Å². The van der Waals surface area contributed by atoms with Gasteiger partial charge in [0.2, 0.25) is 0 Å². The molecule has 4 aromatic rings. The van der Waals surface area contributed by atoms with Crippen LogP contribution in [0.1, 0.15) is 26.3 Å². The van der Waals surface area contributed by atoms with Crippen molar-refractivity contribution in [2.24, 2.45) is 0 Å². The molecule has 0 saturated carbocycles. The van der Waals surface area contributed by atoms with Gasteiger partial charge in [0, 0.05) is 27.3 Å². The highest BCUT2D eigenvalue weighted by Gasteiger charge is 2.16. The Labute approximate surface area is 239 Å². The lowest BCUT2D eigenvalue weighted by atomic mass is 10.1. The van der Waals surface area contributed by atoms with Crippen molar-refractivity contribution in [1.29, 1.82) is 0 Å². The van der Waals surface area contributed by atoms with Gasteiger partial charge in [-0.1, -0.05) is 59.6 Å². The third kappa shape index (κ3) is 7.80. The van der Waals surface area contributed by atoms with E-state index in [0.717, 1.165) is 4.90 Å². The van der Waals surface area contributed by atoms with Crippen molar-refractivity contribution < 1.29 is 18.8 Å². The number of nitrogens with one attached hydrogen (secondary N) is 2. The summed E-state index contributed by atoms with van der Waals surface area (Å²) in [6.45, 7) is 0. The number of amides is 2. The van der Waals surface area contributed by atoms with Crippen LogP contribution in [0.25, 0.3) is 6.08 Å². The Kier molecular flexibility index (Phi) is 9.54. The summed E-state index contributed by atoms with van der Waals surface area (Å²) in [5, 5.41) is 6.00. The van der Waals surface area contributed by atoms with Gasteiger partial charge in [-0.15, -0.1) is 11.8 Å². The van der Waals surface area contributed by atoms with Gasteiger partial charge in [-0.05, 0) is 66.7 Å². The summed E-state index contributed by atoms with van der Waals surface area (Å²) in [5.74, 6) is -1.59. The molecule has 0 bridgehead atoms. The minimum absolute atomic E-state index is 0.104. The van der Waals surface area contributed by atoms with E-state index in [-0.39, 0.29) is 22.8 Å². The molecule has 4 rings (SSSR count). The Bertz CT molecular complexity index is 1540. The SMILES string of the molecule is O=C(Nc1ccc(SCC(=O)c2ccc(Cl)c(Cl)c2)cc1)/C(=C/c1ccccc1F)NC(=O)c1ccccc1. The van der Waals surface area contributed by atoms with Gasteiger partial charge in [-0.2, -0.15) is 0 Å². The summed E-state index contributed by atoms with van der Waals surface area (Å²) < 4.78 is 14.3. The first-order valence-electron chi connectivity index (χ1n) is 11.7. The summed E-state index contributed by atoms with van der Waals surface area (Å²) in [4.78, 5) is 39.1. The van der Waals surface area contributed by atoms with Gasteiger partial charge in [0.1, 0.15) is 11.5 Å². The maximum absolute atomic E-state index is 14.3. The first-order chi connectivity index (χ1) is 18.8. The Morgan fingerprint density at radius 3 is 2.18 bits per heavy atom. The number of rotatable bonds is 9. The lowest BCUT2D eigenvalue weighted by molar-refractivity contribution is -0.113. The number of hydrogen-bond acceptors (Lipinski definition) is 4. The quantitative estimate of drug-likeness (QED) is 0.122. The van der Waals surface area contributed by atoms with E-state index in [4.69, 9.17) is 23.2 Å². The average Bonchev–Trinajstić information content (AvgIpc) is 2.95. The molecule has 0 aromatic heterocycles. The minimum Gasteiger partial charge on any atom is -0.321 e. The molecule has 0 saturated heterocycles. The van der Waals surface area contributed by atoms with Crippen LogP contribution in [0.2, 0.25) is 10.0 Å². The van der Waals surface area contributed by atoms with E-state index in [1.54, 1.807) is 72.8 Å². The van der Waals surface area contributed by atoms with Gasteiger partial charge in [-0.3, -0.25) is 14.4 Å². The van der Waals surface area contributed by atoms with Gasteiger partial charge in [0.15, 0.2) is 5.78 Å². The normalized spacial score (nSPS) is 11.1. The molecule has 5 nitrogen and oxygen atoms in total. The van der Waals surface area contributed by atoms with Crippen molar-refractivity contribution in [2.45, 2.75) is 4.90 Å². The van der Waals surface area contributed by atoms with E-state index in [0.29, 0.717) is 26.9 Å². The fourth-order valence-corrected chi connectivity index (χ4v) is 4.52. The number of halogens is 3. The van der Waals surface area contributed by atoms with Crippen LogP contribution in [0.3, 0.4) is 0 Å². The molecule has 0 unspecified atom stereocenters. The van der Waals surface area contributed by atoms with E-state index >= 15 is 0 Å². The largest absolute Gasteiger partial charge is 0.321 e. The summed E-state index contributed by atoms with van der Waals surface area (Å²) in [5.41, 5.74) is 1.29. The average molecular weight is 579 g/mol. The predicted molar refractivity (Wildman–Crippen MR) is 155 cm³/mol. The topological polar surface area (TPSA) is 75.3 Å². The van der Waals surface area contributed by atoms with Crippen LogP contribution in [0, 0.1) is 5.82 Å². The Balaban J connectivity index is 1.44. The molecule has 2 N–H and O–H groups in total. The van der Waals surface area contributed by atoms with E-state index in [1.807, 2.05) is 0 Å². The first-order valence-corrected chi connectivity index (χ1v) is 13.4. The van der Waals surface area contributed by atoms with Crippen molar-refractivity contribution in [3.63, 3.8) is 0 Å². The number of carbonyl (C=O) groups excluding carboxylic acids is 3. The zero-order chi connectivity index (χ0) is 27.8. The zero-order valence-corrected chi connectivity index (χ0v) is 22.6. The maximum atomic E-state index is 14.3. The fourth-order valence-electron chi connectivity index (χ4n) is 3.42. The van der Waals surface area contributed by atoms with Gasteiger partial charge in [-0.25, -0.2) is 4.39 Å². The molecule has 39 heavy (non-hydrogen) atoms. The highest BCUT2D eigenvalue weighted by atomic mass is 35.5. The van der Waals surface area contributed by atoms with Crippen molar-refractivity contribution >= 4 is 64.3 Å².